The third-order valence-electron chi connectivity index (χ3n) is 4.17. The van der Waals surface area contributed by atoms with E-state index in [1.165, 1.54) is 24.8 Å². The van der Waals surface area contributed by atoms with Crippen molar-refractivity contribution in [3.63, 3.8) is 0 Å². The molecule has 1 aromatic carbocycles. The predicted molar refractivity (Wildman–Crippen MR) is 85.5 cm³/mol. The molecule has 0 radical (unpaired) electrons. The van der Waals surface area contributed by atoms with Crippen LogP contribution in [0.5, 0.6) is 0 Å². The van der Waals surface area contributed by atoms with Crippen LogP contribution in [0.1, 0.15) is 59.4 Å². The topological polar surface area (TPSA) is 0 Å². The van der Waals surface area contributed by atoms with Gasteiger partial charge in [0.05, 0.1) is 0 Å². The third-order valence-corrected chi connectivity index (χ3v) is 4.42. The van der Waals surface area contributed by atoms with Gasteiger partial charge < -0.3 is 0 Å². The maximum atomic E-state index is 6.02. The zero-order valence-corrected chi connectivity index (χ0v) is 13.6. The van der Waals surface area contributed by atoms with Crippen LogP contribution in [0.15, 0.2) is 29.8 Å². The molecule has 2 rings (SSSR count). The van der Waals surface area contributed by atoms with E-state index in [-0.39, 0.29) is 5.41 Å². The van der Waals surface area contributed by atoms with E-state index in [0.717, 1.165) is 5.02 Å². The zero-order valence-electron chi connectivity index (χ0n) is 12.8. The van der Waals surface area contributed by atoms with Crippen LogP contribution in [0.3, 0.4) is 0 Å². The Hall–Kier alpha value is -0.750. The first-order valence-electron chi connectivity index (χ1n) is 7.17. The first-order valence-corrected chi connectivity index (χ1v) is 7.55. The van der Waals surface area contributed by atoms with E-state index in [1.54, 1.807) is 11.1 Å². The number of hydrogen-bond acceptors (Lipinski definition) is 0. The Morgan fingerprint density at radius 1 is 1.05 bits per heavy atom. The summed E-state index contributed by atoms with van der Waals surface area (Å²) in [5.41, 5.74) is 5.17. The highest BCUT2D eigenvalue weighted by molar-refractivity contribution is 6.30. The van der Waals surface area contributed by atoms with Crippen LogP contribution in [0, 0.1) is 10.8 Å². The van der Waals surface area contributed by atoms with Crippen molar-refractivity contribution in [1.82, 2.24) is 0 Å². The number of allylic oxidation sites excluding steroid dienone is 2. The molecule has 0 unspecified atom stereocenters. The lowest BCUT2D eigenvalue weighted by molar-refractivity contribution is 0.311. The molecule has 1 aliphatic rings. The largest absolute Gasteiger partial charge is 0.0843 e. The van der Waals surface area contributed by atoms with Crippen molar-refractivity contribution >= 4 is 17.2 Å². The molecule has 1 heteroatoms. The molecule has 0 bridgehead atoms. The molecule has 0 aromatic heterocycles. The Kier molecular flexibility index (Phi) is 3.84. The third kappa shape index (κ3) is 3.42. The monoisotopic (exact) mass is 276 g/mol. The summed E-state index contributed by atoms with van der Waals surface area (Å²) < 4.78 is 0. The molecule has 0 saturated carbocycles. The number of hydrogen-bond donors (Lipinski definition) is 0. The van der Waals surface area contributed by atoms with Crippen molar-refractivity contribution < 1.29 is 0 Å². The van der Waals surface area contributed by atoms with E-state index < -0.39 is 0 Å². The maximum Gasteiger partial charge on any atom is 0.0406 e. The SMILES string of the molecule is CC1(C)CCC(C(C)(C)C)=C(c2ccc(Cl)cc2)C1. The molecule has 1 aromatic rings. The van der Waals surface area contributed by atoms with Crippen LogP contribution in [-0.2, 0) is 0 Å². The fraction of sp³-hybridized carbons (Fsp3) is 0.556. The van der Waals surface area contributed by atoms with Gasteiger partial charge in [0, 0.05) is 5.02 Å². The average molecular weight is 277 g/mol. The molecular weight excluding hydrogens is 252 g/mol. The predicted octanol–water partition coefficient (Wildman–Crippen LogP) is 6.35. The fourth-order valence-electron chi connectivity index (χ4n) is 3.04. The van der Waals surface area contributed by atoms with Gasteiger partial charge in [-0.05, 0) is 53.4 Å². The van der Waals surface area contributed by atoms with Crippen LogP contribution < -0.4 is 0 Å². The molecule has 0 saturated heterocycles. The van der Waals surface area contributed by atoms with Gasteiger partial charge in [-0.1, -0.05) is 63.9 Å². The Morgan fingerprint density at radius 2 is 1.63 bits per heavy atom. The summed E-state index contributed by atoms with van der Waals surface area (Å²) in [6, 6.07) is 8.35. The van der Waals surface area contributed by atoms with Gasteiger partial charge in [0.2, 0.25) is 0 Å². The van der Waals surface area contributed by atoms with E-state index in [1.807, 2.05) is 12.1 Å². The molecule has 104 valence electrons. The standard InChI is InChI=1S/C18H25Cl/c1-17(2,3)16-10-11-18(4,5)12-15(16)13-6-8-14(19)9-7-13/h6-9H,10-12H2,1-5H3. The highest BCUT2D eigenvalue weighted by atomic mass is 35.5. The van der Waals surface area contributed by atoms with Crippen molar-refractivity contribution in [1.29, 1.82) is 0 Å². The van der Waals surface area contributed by atoms with E-state index in [4.69, 9.17) is 11.6 Å². The van der Waals surface area contributed by atoms with Crippen LogP contribution in [-0.4, -0.2) is 0 Å². The molecule has 0 heterocycles. The second-order valence-corrected chi connectivity index (χ2v) is 7.99. The molecule has 19 heavy (non-hydrogen) atoms. The van der Waals surface area contributed by atoms with Crippen molar-refractivity contribution in [2.45, 2.75) is 53.9 Å². The minimum atomic E-state index is 0.255. The van der Waals surface area contributed by atoms with Crippen molar-refractivity contribution in [2.24, 2.45) is 10.8 Å². The highest BCUT2D eigenvalue weighted by Gasteiger charge is 2.32. The van der Waals surface area contributed by atoms with Gasteiger partial charge in [-0.25, -0.2) is 0 Å². The van der Waals surface area contributed by atoms with Crippen LogP contribution >= 0.6 is 11.6 Å². The second kappa shape index (κ2) is 4.98. The summed E-state index contributed by atoms with van der Waals surface area (Å²) in [6.45, 7) is 11.7. The van der Waals surface area contributed by atoms with Crippen LogP contribution in [0.4, 0.5) is 0 Å². The smallest absolute Gasteiger partial charge is 0.0406 e. The Bertz CT molecular complexity index is 483. The zero-order chi connectivity index (χ0) is 14.3. The van der Waals surface area contributed by atoms with Gasteiger partial charge in [0.15, 0.2) is 0 Å². The summed E-state index contributed by atoms with van der Waals surface area (Å²) in [5, 5.41) is 0.816. The molecule has 0 nitrogen and oxygen atoms in total. The first-order chi connectivity index (χ1) is 8.69. The average Bonchev–Trinajstić information content (AvgIpc) is 2.27. The summed E-state index contributed by atoms with van der Waals surface area (Å²) >= 11 is 6.02. The lowest BCUT2D eigenvalue weighted by Crippen LogP contribution is -2.23. The number of rotatable bonds is 1. The quantitative estimate of drug-likeness (QED) is 0.561. The summed E-state index contributed by atoms with van der Waals surface area (Å²) in [6.07, 6.45) is 3.67. The minimum Gasteiger partial charge on any atom is -0.0843 e. The van der Waals surface area contributed by atoms with Gasteiger partial charge in [0.25, 0.3) is 0 Å². The van der Waals surface area contributed by atoms with Gasteiger partial charge in [-0.15, -0.1) is 0 Å². The summed E-state index contributed by atoms with van der Waals surface area (Å²) in [7, 11) is 0. The first kappa shape index (κ1) is 14.7. The summed E-state index contributed by atoms with van der Waals surface area (Å²) in [5.74, 6) is 0. The fourth-order valence-corrected chi connectivity index (χ4v) is 3.17. The van der Waals surface area contributed by atoms with Gasteiger partial charge in [-0.2, -0.15) is 0 Å². The van der Waals surface area contributed by atoms with Gasteiger partial charge in [0.1, 0.15) is 0 Å². The maximum absolute atomic E-state index is 6.02. The molecule has 0 fully saturated rings. The van der Waals surface area contributed by atoms with Crippen molar-refractivity contribution in [3.8, 4) is 0 Å². The van der Waals surface area contributed by atoms with Crippen LogP contribution in [0.25, 0.3) is 5.57 Å². The van der Waals surface area contributed by atoms with Gasteiger partial charge in [-0.3, -0.25) is 0 Å². The minimum absolute atomic E-state index is 0.255. The summed E-state index contributed by atoms with van der Waals surface area (Å²) in [4.78, 5) is 0. The van der Waals surface area contributed by atoms with E-state index in [9.17, 15) is 0 Å². The van der Waals surface area contributed by atoms with E-state index >= 15 is 0 Å². The Balaban J connectivity index is 2.51. The molecule has 0 N–H and O–H groups in total. The molecular formula is C18H25Cl. The lowest BCUT2D eigenvalue weighted by Gasteiger charge is -2.38. The normalized spacial score (nSPS) is 19.7. The lowest BCUT2D eigenvalue weighted by atomic mass is 9.67. The van der Waals surface area contributed by atoms with Crippen molar-refractivity contribution in [3.05, 3.63) is 40.4 Å². The Morgan fingerprint density at radius 3 is 2.16 bits per heavy atom. The van der Waals surface area contributed by atoms with Gasteiger partial charge >= 0.3 is 0 Å². The Labute approximate surface area is 122 Å². The number of benzene rings is 1. The molecule has 1 aliphatic carbocycles. The van der Waals surface area contributed by atoms with Crippen LogP contribution in [0.2, 0.25) is 5.02 Å². The van der Waals surface area contributed by atoms with E-state index in [0.29, 0.717) is 5.41 Å². The molecule has 0 aliphatic heterocycles. The molecule has 0 amide bonds. The van der Waals surface area contributed by atoms with Crippen molar-refractivity contribution in [2.75, 3.05) is 0 Å². The highest BCUT2D eigenvalue weighted by Crippen LogP contribution is 2.48. The van der Waals surface area contributed by atoms with E-state index in [2.05, 4.69) is 46.8 Å². The molecule has 0 spiro atoms. The molecule has 0 atom stereocenters. The second-order valence-electron chi connectivity index (χ2n) is 7.55. The number of halogens is 1.